The average molecular weight is 879 g/mol. The minimum Gasteiger partial charge on any atom is -0.502 e. The number of ketones is 1. The number of hydrogen-bond acceptors (Lipinski definition) is 18. The average Bonchev–Trinajstić information content (AvgIpc) is 3.47. The molecule has 0 aromatic heterocycles. The summed E-state index contributed by atoms with van der Waals surface area (Å²) in [6, 6.07) is 2.91. The molecule has 0 bridgehead atoms. The van der Waals surface area contributed by atoms with Crippen LogP contribution >= 0.6 is 0 Å². The van der Waals surface area contributed by atoms with Crippen molar-refractivity contribution in [1.29, 1.82) is 0 Å². The van der Waals surface area contributed by atoms with Crippen LogP contribution in [0.5, 0.6) is 17.2 Å². The number of aliphatic hydroxyl groups is 8. The van der Waals surface area contributed by atoms with Crippen molar-refractivity contribution in [2.45, 2.75) is 145 Å². The molecule has 9 N–H and O–H groups in total. The number of carbonyl (C=O) groups excluding carboxylic acids is 2. The van der Waals surface area contributed by atoms with Gasteiger partial charge in [0.1, 0.15) is 61.2 Å². The molecule has 0 spiro atoms. The minimum absolute atomic E-state index is 0.0231. The largest absolute Gasteiger partial charge is 0.502 e. The lowest BCUT2D eigenvalue weighted by Crippen LogP contribution is -2.65. The molecule has 18 nitrogen and oxygen atoms in total. The first-order valence-electron chi connectivity index (χ1n) is 21.4. The molecular weight excluding hydrogens is 816 g/mol. The standard InChI is InChI=1S/C44H62O18/c1-20(46)26-17-31(47)44(55)25-8-7-22-16-23(10-12-42(22,2)24(25)11-13-43(26,44)3)59-41-39(37(53)34(50)29(18-45)60-41)62-40-38(54)36(52)35(51)30(61-40)19-58-32(48)9-6-21-14-27(56-4)33(49)28(15-21)57-5/h6-7,9,14-15,23-26,29-31,34-41,45,47,49-55H,8,10-13,16-19H2,1-5H3/b9-6-/t23?,24?,25?,26?,29-,30-,31?,34-,35-,36+,37+,38-,39-,40+,41-,42?,43?,44?/m1/s1. The zero-order chi connectivity index (χ0) is 45.1. The molecule has 4 aliphatic carbocycles. The summed E-state index contributed by atoms with van der Waals surface area (Å²) in [5, 5.41) is 98.6. The summed E-state index contributed by atoms with van der Waals surface area (Å²) >= 11 is 0. The Labute approximate surface area is 359 Å². The molecule has 346 valence electrons. The number of benzene rings is 1. The minimum atomic E-state index is -1.89. The third kappa shape index (κ3) is 7.97. The second-order valence-corrected chi connectivity index (χ2v) is 18.4. The van der Waals surface area contributed by atoms with Gasteiger partial charge in [-0.3, -0.25) is 4.79 Å². The molecule has 2 saturated heterocycles. The number of aromatic hydroxyl groups is 1. The molecule has 18 heteroatoms. The number of hydrogen-bond donors (Lipinski definition) is 9. The van der Waals surface area contributed by atoms with Gasteiger partial charge in [-0.2, -0.15) is 0 Å². The topological polar surface area (TPSA) is 281 Å². The third-order valence-electron chi connectivity index (χ3n) is 15.2. The SMILES string of the molecule is COc1cc(/C=C\C(=O)OC[C@H]2O[C@@H](O[C@H]3[C@H](OC4CCC5(C)C(=CCC6C5CCC5(C)C(C(C)=O)CC(O)C65O)C4)O[C@H](CO)[C@@H](O)[C@@H]3O)[C@H](O)[C@@H](O)[C@@H]2O)cc(OC)c1O. The summed E-state index contributed by atoms with van der Waals surface area (Å²) in [6.45, 7) is 4.35. The molecule has 18 atom stereocenters. The van der Waals surface area contributed by atoms with Gasteiger partial charge in [0.15, 0.2) is 24.1 Å². The summed E-state index contributed by atoms with van der Waals surface area (Å²) in [5.74, 6) is -1.58. The number of ether oxygens (including phenoxy) is 7. The summed E-state index contributed by atoms with van der Waals surface area (Å²) in [5.41, 5.74) is -0.994. The monoisotopic (exact) mass is 878 g/mol. The first kappa shape index (κ1) is 46.7. The number of fused-ring (bicyclic) bond motifs is 5. The lowest BCUT2D eigenvalue weighted by atomic mass is 9.45. The van der Waals surface area contributed by atoms with Crippen LogP contribution < -0.4 is 9.47 Å². The smallest absolute Gasteiger partial charge is 0.330 e. The molecule has 8 unspecified atom stereocenters. The summed E-state index contributed by atoms with van der Waals surface area (Å²) in [7, 11) is 2.70. The van der Waals surface area contributed by atoms with Crippen molar-refractivity contribution in [3.63, 3.8) is 0 Å². The number of carbonyl (C=O) groups is 2. The number of rotatable bonds is 12. The fraction of sp³-hybridized carbons (Fsp3) is 0.727. The van der Waals surface area contributed by atoms with E-state index < -0.39 is 110 Å². The lowest BCUT2D eigenvalue weighted by Gasteiger charge is -2.61. The summed E-state index contributed by atoms with van der Waals surface area (Å²) in [6.07, 6.45) is -9.69. The zero-order valence-corrected chi connectivity index (χ0v) is 35.6. The predicted molar refractivity (Wildman–Crippen MR) is 214 cm³/mol. The van der Waals surface area contributed by atoms with Crippen molar-refractivity contribution in [2.24, 2.45) is 28.6 Å². The number of phenols is 1. The van der Waals surface area contributed by atoms with Crippen LogP contribution in [-0.4, -0.2) is 164 Å². The molecule has 2 aliphatic heterocycles. The van der Waals surface area contributed by atoms with Crippen LogP contribution in [0.15, 0.2) is 29.9 Å². The quantitative estimate of drug-likeness (QED) is 0.0772. The predicted octanol–water partition coefficient (Wildman–Crippen LogP) is 0.237. The van der Waals surface area contributed by atoms with Crippen molar-refractivity contribution in [3.8, 4) is 17.2 Å². The van der Waals surface area contributed by atoms with Crippen molar-refractivity contribution in [1.82, 2.24) is 0 Å². The highest BCUT2D eigenvalue weighted by molar-refractivity contribution is 5.87. The highest BCUT2D eigenvalue weighted by atomic mass is 16.8. The normalized spacial score (nSPS) is 44.1. The molecule has 1 aromatic rings. The Morgan fingerprint density at radius 2 is 1.52 bits per heavy atom. The number of aliphatic hydroxyl groups excluding tert-OH is 7. The van der Waals surface area contributed by atoms with Gasteiger partial charge in [-0.1, -0.05) is 25.5 Å². The van der Waals surface area contributed by atoms with Gasteiger partial charge in [0, 0.05) is 17.4 Å². The second-order valence-electron chi connectivity index (χ2n) is 18.4. The van der Waals surface area contributed by atoms with Crippen molar-refractivity contribution >= 4 is 17.8 Å². The van der Waals surface area contributed by atoms with E-state index in [0.29, 0.717) is 37.7 Å². The number of esters is 1. The number of phenolic OH excluding ortho intramolecular Hbond substituents is 1. The van der Waals surface area contributed by atoms with Gasteiger partial charge in [-0.15, -0.1) is 0 Å². The van der Waals surface area contributed by atoms with Gasteiger partial charge in [-0.05, 0) is 92.9 Å². The maximum Gasteiger partial charge on any atom is 0.330 e. The number of Topliss-reactive ketones (excluding diaryl/α,β-unsaturated/α-hetero) is 1. The third-order valence-corrected chi connectivity index (χ3v) is 15.2. The molecule has 0 radical (unpaired) electrons. The van der Waals surface area contributed by atoms with Crippen molar-refractivity contribution < 1.29 is 88.7 Å². The van der Waals surface area contributed by atoms with E-state index >= 15 is 0 Å². The number of allylic oxidation sites excluding steroid dienone is 1. The Balaban J connectivity index is 1.03. The molecule has 7 rings (SSSR count). The van der Waals surface area contributed by atoms with Crippen LogP contribution in [0.3, 0.4) is 0 Å². The molecular formula is C44H62O18. The summed E-state index contributed by atoms with van der Waals surface area (Å²) in [4.78, 5) is 25.4. The van der Waals surface area contributed by atoms with E-state index in [0.717, 1.165) is 18.1 Å². The molecule has 6 aliphatic rings. The van der Waals surface area contributed by atoms with Crippen molar-refractivity contribution in [3.05, 3.63) is 35.4 Å². The molecule has 5 fully saturated rings. The van der Waals surface area contributed by atoms with E-state index in [9.17, 15) is 55.5 Å². The molecule has 3 saturated carbocycles. The lowest BCUT2D eigenvalue weighted by molar-refractivity contribution is -0.372. The van der Waals surface area contributed by atoms with Crippen LogP contribution in [0.2, 0.25) is 0 Å². The van der Waals surface area contributed by atoms with Gasteiger partial charge < -0.3 is 79.1 Å². The van der Waals surface area contributed by atoms with Crippen LogP contribution in [-0.2, 0) is 33.3 Å². The highest BCUT2D eigenvalue weighted by Gasteiger charge is 2.70. The van der Waals surface area contributed by atoms with Crippen LogP contribution in [0.4, 0.5) is 0 Å². The molecule has 62 heavy (non-hydrogen) atoms. The van der Waals surface area contributed by atoms with Gasteiger partial charge >= 0.3 is 5.97 Å². The highest BCUT2D eigenvalue weighted by Crippen LogP contribution is 2.68. The fourth-order valence-corrected chi connectivity index (χ4v) is 11.6. The molecule has 2 heterocycles. The maximum absolute atomic E-state index is 12.7. The Kier molecular flexibility index (Phi) is 13.5. The Hall–Kier alpha value is -3.24. The zero-order valence-electron chi connectivity index (χ0n) is 35.6. The summed E-state index contributed by atoms with van der Waals surface area (Å²) < 4.78 is 39.7. The van der Waals surface area contributed by atoms with E-state index in [2.05, 4.69) is 13.0 Å². The van der Waals surface area contributed by atoms with Crippen molar-refractivity contribution in [2.75, 3.05) is 27.4 Å². The Bertz CT molecular complexity index is 1850. The molecule has 1 aromatic carbocycles. The first-order valence-corrected chi connectivity index (χ1v) is 21.4. The maximum atomic E-state index is 12.7. The molecule has 0 amide bonds. The van der Waals surface area contributed by atoms with Gasteiger partial charge in [0.25, 0.3) is 0 Å². The van der Waals surface area contributed by atoms with Gasteiger partial charge in [-0.25, -0.2) is 4.79 Å². The van der Waals surface area contributed by atoms with Gasteiger partial charge in [0.2, 0.25) is 5.75 Å². The van der Waals surface area contributed by atoms with Crippen LogP contribution in [0, 0.1) is 28.6 Å². The second kappa shape index (κ2) is 18.0. The van der Waals surface area contributed by atoms with E-state index in [1.165, 1.54) is 39.4 Å². The van der Waals surface area contributed by atoms with E-state index in [4.69, 9.17) is 33.2 Å². The van der Waals surface area contributed by atoms with E-state index in [1.807, 2.05) is 6.92 Å². The Morgan fingerprint density at radius 1 is 0.855 bits per heavy atom. The van der Waals surface area contributed by atoms with Crippen LogP contribution in [0.1, 0.15) is 71.3 Å². The van der Waals surface area contributed by atoms with E-state index in [-0.39, 0.29) is 46.7 Å². The van der Waals surface area contributed by atoms with Gasteiger partial charge in [0.05, 0.1) is 38.6 Å². The number of methoxy groups -OCH3 is 2. The van der Waals surface area contributed by atoms with Crippen LogP contribution in [0.25, 0.3) is 6.08 Å². The van der Waals surface area contributed by atoms with E-state index in [1.54, 1.807) is 0 Å². The Morgan fingerprint density at radius 3 is 2.16 bits per heavy atom. The fourth-order valence-electron chi connectivity index (χ4n) is 11.6. The first-order chi connectivity index (χ1) is 29.3.